The number of hydrogen-bond acceptors (Lipinski definition) is 5. The highest BCUT2D eigenvalue weighted by Gasteiger charge is 2.40. The maximum Gasteiger partial charge on any atom is 0.213 e. The first-order valence-electron chi connectivity index (χ1n) is 10.6. The number of rotatable bonds is 5. The quantitative estimate of drug-likeness (QED) is 0.552. The first-order chi connectivity index (χ1) is 15.2. The Bertz CT molecular complexity index is 1120. The molecule has 0 amide bonds. The zero-order valence-corrected chi connectivity index (χ0v) is 18.0. The minimum Gasteiger partial charge on any atom is -0.493 e. The van der Waals surface area contributed by atoms with Gasteiger partial charge in [-0.25, -0.2) is 5.01 Å². The Kier molecular flexibility index (Phi) is 5.02. The molecule has 0 aromatic heterocycles. The van der Waals surface area contributed by atoms with Crippen LogP contribution in [0.4, 0.5) is 0 Å². The van der Waals surface area contributed by atoms with Gasteiger partial charge in [-0.2, -0.15) is 5.10 Å². The lowest BCUT2D eigenvalue weighted by Crippen LogP contribution is -2.33. The van der Waals surface area contributed by atoms with Gasteiger partial charge in [-0.05, 0) is 36.2 Å². The SMILES string of the molecule is CCc1ccc([C@@H]2Oc3ccccc3[C@H]3CC(c4ccc(OC)c(OC)c4)=NN32)cc1. The third-order valence-corrected chi connectivity index (χ3v) is 6.09. The summed E-state index contributed by atoms with van der Waals surface area (Å²) in [7, 11) is 3.30. The minimum atomic E-state index is -0.261. The second-order valence-electron chi connectivity index (χ2n) is 7.82. The maximum atomic E-state index is 6.45. The Balaban J connectivity index is 1.55. The topological polar surface area (TPSA) is 43.3 Å². The summed E-state index contributed by atoms with van der Waals surface area (Å²) in [5.41, 5.74) is 5.63. The second kappa shape index (κ2) is 7.99. The van der Waals surface area contributed by atoms with Gasteiger partial charge in [0.15, 0.2) is 11.5 Å². The number of para-hydroxylation sites is 1. The molecule has 0 spiro atoms. The van der Waals surface area contributed by atoms with Crippen LogP contribution in [0, 0.1) is 0 Å². The lowest BCUT2D eigenvalue weighted by molar-refractivity contribution is -0.0190. The van der Waals surface area contributed by atoms with Crippen LogP contribution in [0.3, 0.4) is 0 Å². The molecule has 0 radical (unpaired) electrons. The third kappa shape index (κ3) is 3.40. The zero-order valence-electron chi connectivity index (χ0n) is 18.0. The summed E-state index contributed by atoms with van der Waals surface area (Å²) in [6.45, 7) is 2.17. The predicted octanol–water partition coefficient (Wildman–Crippen LogP) is 5.51. The largest absolute Gasteiger partial charge is 0.493 e. The molecule has 0 unspecified atom stereocenters. The highest BCUT2D eigenvalue weighted by atomic mass is 16.5. The average Bonchev–Trinajstić information content (AvgIpc) is 3.29. The molecule has 5 nitrogen and oxygen atoms in total. The Morgan fingerprint density at radius 1 is 0.968 bits per heavy atom. The fourth-order valence-corrected chi connectivity index (χ4v) is 4.36. The standard InChI is InChI=1S/C26H26N2O3/c1-4-17-9-11-18(12-10-17)26-28-22(20-7-5-6-8-23(20)31-26)16-21(27-28)19-13-14-24(29-2)25(15-19)30-3/h5-15,22,26H,4,16H2,1-3H3/t22-,26+/m1/s1. The first kappa shape index (κ1) is 19.5. The van der Waals surface area contributed by atoms with Gasteiger partial charge in [0.05, 0.1) is 26.0 Å². The fourth-order valence-electron chi connectivity index (χ4n) is 4.36. The molecule has 0 bridgehead atoms. The van der Waals surface area contributed by atoms with E-state index in [1.165, 1.54) is 11.1 Å². The van der Waals surface area contributed by atoms with Crippen molar-refractivity contribution in [1.29, 1.82) is 0 Å². The maximum absolute atomic E-state index is 6.45. The van der Waals surface area contributed by atoms with Crippen LogP contribution in [0.2, 0.25) is 0 Å². The third-order valence-electron chi connectivity index (χ3n) is 6.09. The Morgan fingerprint density at radius 2 is 1.74 bits per heavy atom. The molecule has 2 heterocycles. The normalized spacial score (nSPS) is 19.2. The van der Waals surface area contributed by atoms with E-state index in [0.717, 1.165) is 35.4 Å². The van der Waals surface area contributed by atoms with E-state index in [0.29, 0.717) is 11.5 Å². The van der Waals surface area contributed by atoms with E-state index in [4.69, 9.17) is 19.3 Å². The van der Waals surface area contributed by atoms with Gasteiger partial charge in [0.1, 0.15) is 5.75 Å². The molecule has 0 fully saturated rings. The monoisotopic (exact) mass is 414 g/mol. The van der Waals surface area contributed by atoms with Gasteiger partial charge in [-0.3, -0.25) is 0 Å². The number of fused-ring (bicyclic) bond motifs is 3. The molecule has 2 aliphatic heterocycles. The van der Waals surface area contributed by atoms with Crippen molar-refractivity contribution in [3.8, 4) is 17.2 Å². The summed E-state index contributed by atoms with van der Waals surface area (Å²) < 4.78 is 17.3. The van der Waals surface area contributed by atoms with Crippen LogP contribution >= 0.6 is 0 Å². The fraction of sp³-hybridized carbons (Fsp3) is 0.269. The van der Waals surface area contributed by atoms with Crippen LogP contribution in [0.25, 0.3) is 0 Å². The molecule has 3 aromatic rings. The van der Waals surface area contributed by atoms with Crippen LogP contribution in [0.5, 0.6) is 17.2 Å². The van der Waals surface area contributed by atoms with E-state index in [1.54, 1.807) is 14.2 Å². The van der Waals surface area contributed by atoms with Gasteiger partial charge >= 0.3 is 0 Å². The summed E-state index contributed by atoms with van der Waals surface area (Å²) >= 11 is 0. The van der Waals surface area contributed by atoms with E-state index < -0.39 is 0 Å². The van der Waals surface area contributed by atoms with Gasteiger partial charge in [-0.15, -0.1) is 0 Å². The molecule has 3 aromatic carbocycles. The van der Waals surface area contributed by atoms with Crippen molar-refractivity contribution >= 4 is 5.71 Å². The van der Waals surface area contributed by atoms with Crippen molar-refractivity contribution in [3.05, 3.63) is 89.0 Å². The Labute approximate surface area is 182 Å². The van der Waals surface area contributed by atoms with E-state index >= 15 is 0 Å². The number of nitrogens with zero attached hydrogens (tertiary/aromatic N) is 2. The molecule has 0 aliphatic carbocycles. The van der Waals surface area contributed by atoms with Gasteiger partial charge < -0.3 is 14.2 Å². The molecule has 0 N–H and O–H groups in total. The van der Waals surface area contributed by atoms with E-state index in [-0.39, 0.29) is 12.3 Å². The van der Waals surface area contributed by atoms with Crippen molar-refractivity contribution in [3.63, 3.8) is 0 Å². The smallest absolute Gasteiger partial charge is 0.213 e. The molecule has 158 valence electrons. The molecule has 2 atom stereocenters. The van der Waals surface area contributed by atoms with Crippen molar-refractivity contribution < 1.29 is 14.2 Å². The molecule has 2 aliphatic rings. The summed E-state index contributed by atoms with van der Waals surface area (Å²) in [5, 5.41) is 7.15. The van der Waals surface area contributed by atoms with Crippen molar-refractivity contribution in [2.45, 2.75) is 32.0 Å². The van der Waals surface area contributed by atoms with Crippen molar-refractivity contribution in [2.24, 2.45) is 5.10 Å². The van der Waals surface area contributed by atoms with Crippen LogP contribution in [0.15, 0.2) is 71.8 Å². The summed E-state index contributed by atoms with van der Waals surface area (Å²) in [4.78, 5) is 0. The summed E-state index contributed by atoms with van der Waals surface area (Å²) in [6.07, 6.45) is 1.56. The van der Waals surface area contributed by atoms with Gasteiger partial charge in [-0.1, -0.05) is 49.4 Å². The summed E-state index contributed by atoms with van der Waals surface area (Å²) in [6, 6.07) is 23.0. The minimum absolute atomic E-state index is 0.129. The lowest BCUT2D eigenvalue weighted by Gasteiger charge is -2.38. The number of methoxy groups -OCH3 is 2. The molecular formula is C26H26N2O3. The molecule has 5 heteroatoms. The molecule has 0 saturated heterocycles. The zero-order chi connectivity index (χ0) is 21.4. The lowest BCUT2D eigenvalue weighted by atomic mass is 9.95. The summed E-state index contributed by atoms with van der Waals surface area (Å²) in [5.74, 6) is 2.35. The highest BCUT2D eigenvalue weighted by molar-refractivity contribution is 6.02. The van der Waals surface area contributed by atoms with Crippen molar-refractivity contribution in [2.75, 3.05) is 14.2 Å². The van der Waals surface area contributed by atoms with Crippen LogP contribution in [0.1, 0.15) is 47.9 Å². The number of benzene rings is 3. The van der Waals surface area contributed by atoms with E-state index in [9.17, 15) is 0 Å². The van der Waals surface area contributed by atoms with E-state index in [1.807, 2.05) is 24.3 Å². The number of aryl methyl sites for hydroxylation is 1. The van der Waals surface area contributed by atoms with Gasteiger partial charge in [0, 0.05) is 23.1 Å². The molecular weight excluding hydrogens is 388 g/mol. The molecule has 5 rings (SSSR count). The van der Waals surface area contributed by atoms with Crippen LogP contribution in [-0.4, -0.2) is 24.9 Å². The number of ether oxygens (including phenoxy) is 3. The van der Waals surface area contributed by atoms with Crippen LogP contribution < -0.4 is 14.2 Å². The van der Waals surface area contributed by atoms with Gasteiger partial charge in [0.2, 0.25) is 6.23 Å². The molecule has 0 saturated carbocycles. The van der Waals surface area contributed by atoms with Crippen LogP contribution in [-0.2, 0) is 6.42 Å². The molecule has 31 heavy (non-hydrogen) atoms. The highest BCUT2D eigenvalue weighted by Crippen LogP contribution is 2.47. The van der Waals surface area contributed by atoms with Gasteiger partial charge in [0.25, 0.3) is 0 Å². The Hall–Kier alpha value is -3.47. The Morgan fingerprint density at radius 3 is 2.48 bits per heavy atom. The second-order valence-corrected chi connectivity index (χ2v) is 7.82. The number of hydrazone groups is 1. The van der Waals surface area contributed by atoms with Crippen molar-refractivity contribution in [1.82, 2.24) is 5.01 Å². The first-order valence-corrected chi connectivity index (χ1v) is 10.6. The number of hydrogen-bond donors (Lipinski definition) is 0. The predicted molar refractivity (Wildman–Crippen MR) is 121 cm³/mol. The average molecular weight is 415 g/mol. The van der Waals surface area contributed by atoms with E-state index in [2.05, 4.69) is 54.4 Å².